The van der Waals surface area contributed by atoms with E-state index in [1.165, 1.54) is 17.0 Å². The summed E-state index contributed by atoms with van der Waals surface area (Å²) in [4.78, 5) is 27.9. The van der Waals surface area contributed by atoms with Gasteiger partial charge in [0.2, 0.25) is 5.91 Å². The summed E-state index contributed by atoms with van der Waals surface area (Å²) in [6.07, 6.45) is 0. The van der Waals surface area contributed by atoms with Crippen LogP contribution < -0.4 is 5.32 Å². The summed E-state index contributed by atoms with van der Waals surface area (Å²) in [5.74, 6) is -0.431. The molecule has 0 radical (unpaired) electrons. The van der Waals surface area contributed by atoms with Crippen LogP contribution >= 0.6 is 0 Å². The SMILES string of the molecule is CC(C)CN1CCN(C(=O)Nc2ccc(C#N)cc2F)[C@H](C)C1=O. The van der Waals surface area contributed by atoms with E-state index in [-0.39, 0.29) is 17.2 Å². The molecule has 128 valence electrons. The van der Waals surface area contributed by atoms with Crippen LogP contribution in [0, 0.1) is 23.1 Å². The molecule has 0 bridgehead atoms. The number of anilines is 1. The molecule has 0 saturated carbocycles. The average molecular weight is 332 g/mol. The predicted molar refractivity (Wildman–Crippen MR) is 87.7 cm³/mol. The van der Waals surface area contributed by atoms with Gasteiger partial charge in [-0.3, -0.25) is 4.79 Å². The van der Waals surface area contributed by atoms with E-state index in [4.69, 9.17) is 5.26 Å². The Morgan fingerprint density at radius 3 is 2.75 bits per heavy atom. The molecule has 1 aliphatic rings. The Balaban J connectivity index is 2.06. The highest BCUT2D eigenvalue weighted by Gasteiger charge is 2.34. The van der Waals surface area contributed by atoms with E-state index in [2.05, 4.69) is 5.32 Å². The van der Waals surface area contributed by atoms with Crippen molar-refractivity contribution in [1.29, 1.82) is 5.26 Å². The second kappa shape index (κ2) is 7.30. The fourth-order valence-corrected chi connectivity index (χ4v) is 2.70. The van der Waals surface area contributed by atoms with E-state index in [0.29, 0.717) is 25.6 Å². The molecule has 1 aromatic carbocycles. The van der Waals surface area contributed by atoms with Crippen LogP contribution in [0.5, 0.6) is 0 Å². The van der Waals surface area contributed by atoms with Crippen molar-refractivity contribution in [3.05, 3.63) is 29.6 Å². The molecule has 1 heterocycles. The third-order valence-electron chi connectivity index (χ3n) is 3.93. The standard InChI is InChI=1S/C17H21FN4O2/c1-11(2)10-21-6-7-22(12(3)16(21)23)17(24)20-15-5-4-13(9-19)8-14(15)18/h4-5,8,11-12H,6-7,10H2,1-3H3,(H,20,24)/t12-/m1/s1. The van der Waals surface area contributed by atoms with E-state index in [0.717, 1.165) is 6.07 Å². The molecule has 0 spiro atoms. The number of halogens is 1. The normalized spacial score (nSPS) is 17.8. The minimum absolute atomic E-state index is 0.0109. The van der Waals surface area contributed by atoms with Gasteiger partial charge in [0, 0.05) is 19.6 Å². The van der Waals surface area contributed by atoms with E-state index >= 15 is 0 Å². The van der Waals surface area contributed by atoms with Crippen molar-refractivity contribution in [2.24, 2.45) is 5.92 Å². The molecule has 24 heavy (non-hydrogen) atoms. The zero-order chi connectivity index (χ0) is 17.9. The molecule has 7 heteroatoms. The minimum Gasteiger partial charge on any atom is -0.339 e. The summed E-state index contributed by atoms with van der Waals surface area (Å²) in [5, 5.41) is 11.2. The van der Waals surface area contributed by atoms with Crippen LogP contribution in [0.1, 0.15) is 26.3 Å². The van der Waals surface area contributed by atoms with Crippen molar-refractivity contribution in [2.45, 2.75) is 26.8 Å². The Hall–Kier alpha value is -2.62. The third-order valence-corrected chi connectivity index (χ3v) is 3.93. The van der Waals surface area contributed by atoms with Gasteiger partial charge in [-0.15, -0.1) is 0 Å². The zero-order valence-electron chi connectivity index (χ0n) is 14.0. The fourth-order valence-electron chi connectivity index (χ4n) is 2.70. The molecule has 1 saturated heterocycles. The number of nitriles is 1. The molecule has 1 aliphatic heterocycles. The average Bonchev–Trinajstić information content (AvgIpc) is 2.53. The highest BCUT2D eigenvalue weighted by atomic mass is 19.1. The van der Waals surface area contributed by atoms with Crippen molar-refractivity contribution in [3.63, 3.8) is 0 Å². The number of benzene rings is 1. The highest BCUT2D eigenvalue weighted by molar-refractivity contribution is 5.94. The topological polar surface area (TPSA) is 76.4 Å². The molecule has 2 rings (SSSR count). The molecular formula is C17H21FN4O2. The minimum atomic E-state index is -0.681. The second-order valence-electron chi connectivity index (χ2n) is 6.28. The van der Waals surface area contributed by atoms with Gasteiger partial charge in [-0.05, 0) is 31.0 Å². The lowest BCUT2D eigenvalue weighted by molar-refractivity contribution is -0.139. The number of hydrogen-bond donors (Lipinski definition) is 1. The highest BCUT2D eigenvalue weighted by Crippen LogP contribution is 2.18. The van der Waals surface area contributed by atoms with Crippen LogP contribution in [0.15, 0.2) is 18.2 Å². The quantitative estimate of drug-likeness (QED) is 0.923. The maximum Gasteiger partial charge on any atom is 0.322 e. The molecule has 1 fully saturated rings. The number of nitrogens with one attached hydrogen (secondary N) is 1. The third kappa shape index (κ3) is 3.82. The number of nitrogens with zero attached hydrogens (tertiary/aromatic N) is 3. The first-order chi connectivity index (χ1) is 11.3. The van der Waals surface area contributed by atoms with Gasteiger partial charge in [0.25, 0.3) is 0 Å². The number of urea groups is 1. The second-order valence-corrected chi connectivity index (χ2v) is 6.28. The van der Waals surface area contributed by atoms with Gasteiger partial charge in [0.1, 0.15) is 11.9 Å². The number of hydrogen-bond acceptors (Lipinski definition) is 3. The van der Waals surface area contributed by atoms with Gasteiger partial charge in [0.05, 0.1) is 17.3 Å². The first kappa shape index (κ1) is 17.7. The summed E-state index contributed by atoms with van der Waals surface area (Å²) >= 11 is 0. The molecule has 0 unspecified atom stereocenters. The van der Waals surface area contributed by atoms with Crippen LogP contribution in [0.3, 0.4) is 0 Å². The van der Waals surface area contributed by atoms with Crippen LogP contribution in [-0.2, 0) is 4.79 Å². The van der Waals surface area contributed by atoms with Crippen LogP contribution in [0.2, 0.25) is 0 Å². The lowest BCUT2D eigenvalue weighted by atomic mass is 10.1. The number of amides is 3. The summed E-state index contributed by atoms with van der Waals surface area (Å²) < 4.78 is 13.9. The Morgan fingerprint density at radius 1 is 1.46 bits per heavy atom. The van der Waals surface area contributed by atoms with Gasteiger partial charge in [-0.25, -0.2) is 9.18 Å². The number of piperazine rings is 1. The molecule has 3 amide bonds. The fraction of sp³-hybridized carbons (Fsp3) is 0.471. The van der Waals surface area contributed by atoms with Gasteiger partial charge in [-0.1, -0.05) is 13.8 Å². The Bertz CT molecular complexity index is 684. The summed E-state index contributed by atoms with van der Waals surface area (Å²) in [6.45, 7) is 7.25. The van der Waals surface area contributed by atoms with Crippen molar-refractivity contribution in [3.8, 4) is 6.07 Å². The number of rotatable bonds is 3. The maximum absolute atomic E-state index is 13.9. The maximum atomic E-state index is 13.9. The monoisotopic (exact) mass is 332 g/mol. The van der Waals surface area contributed by atoms with Gasteiger partial charge in [-0.2, -0.15) is 5.26 Å². The van der Waals surface area contributed by atoms with E-state index in [9.17, 15) is 14.0 Å². The Labute approximate surface area is 140 Å². The van der Waals surface area contributed by atoms with Gasteiger partial charge >= 0.3 is 6.03 Å². The Morgan fingerprint density at radius 2 is 2.17 bits per heavy atom. The van der Waals surface area contributed by atoms with Crippen molar-refractivity contribution >= 4 is 17.6 Å². The molecule has 0 aromatic heterocycles. The van der Waals surface area contributed by atoms with E-state index in [1.54, 1.807) is 11.8 Å². The molecule has 1 atom stereocenters. The molecule has 6 nitrogen and oxygen atoms in total. The molecule has 1 N–H and O–H groups in total. The first-order valence-corrected chi connectivity index (χ1v) is 7.89. The lowest BCUT2D eigenvalue weighted by Gasteiger charge is -2.39. The van der Waals surface area contributed by atoms with Crippen LogP contribution in [-0.4, -0.2) is 47.4 Å². The summed E-state index contributed by atoms with van der Waals surface area (Å²) in [6, 6.07) is 4.53. The van der Waals surface area contributed by atoms with Crippen molar-refractivity contribution in [1.82, 2.24) is 9.80 Å². The van der Waals surface area contributed by atoms with Crippen molar-refractivity contribution < 1.29 is 14.0 Å². The van der Waals surface area contributed by atoms with Crippen LogP contribution in [0.4, 0.5) is 14.9 Å². The molecule has 0 aliphatic carbocycles. The Kier molecular flexibility index (Phi) is 5.39. The summed E-state index contributed by atoms with van der Waals surface area (Å²) in [7, 11) is 0. The van der Waals surface area contributed by atoms with E-state index in [1.807, 2.05) is 19.9 Å². The molecule has 1 aromatic rings. The van der Waals surface area contributed by atoms with Gasteiger partial charge < -0.3 is 15.1 Å². The van der Waals surface area contributed by atoms with Crippen LogP contribution in [0.25, 0.3) is 0 Å². The largest absolute Gasteiger partial charge is 0.339 e. The summed E-state index contributed by atoms with van der Waals surface area (Å²) in [5.41, 5.74) is 0.166. The first-order valence-electron chi connectivity index (χ1n) is 7.89. The predicted octanol–water partition coefficient (Wildman–Crippen LogP) is 2.42. The van der Waals surface area contributed by atoms with E-state index < -0.39 is 17.9 Å². The molecular weight excluding hydrogens is 311 g/mol. The van der Waals surface area contributed by atoms with Gasteiger partial charge in [0.15, 0.2) is 0 Å². The number of carbonyl (C=O) groups excluding carboxylic acids is 2. The lowest BCUT2D eigenvalue weighted by Crippen LogP contribution is -2.59. The zero-order valence-corrected chi connectivity index (χ0v) is 14.0. The van der Waals surface area contributed by atoms with Crippen molar-refractivity contribution in [2.75, 3.05) is 25.0 Å². The smallest absolute Gasteiger partial charge is 0.322 e. The number of carbonyl (C=O) groups is 2.